The highest BCUT2D eigenvalue weighted by Crippen LogP contribution is 2.29. The van der Waals surface area contributed by atoms with Crippen LogP contribution in [-0.4, -0.2) is 44.6 Å². The smallest absolute Gasteiger partial charge is 0.351 e. The molecule has 2 heterocycles. The van der Waals surface area contributed by atoms with Gasteiger partial charge in [0.2, 0.25) is 0 Å². The quantitative estimate of drug-likeness (QED) is 0.354. The summed E-state index contributed by atoms with van der Waals surface area (Å²) in [5.41, 5.74) is 6.84. The fourth-order valence-corrected chi connectivity index (χ4v) is 4.07. The van der Waals surface area contributed by atoms with Crippen molar-refractivity contribution in [1.29, 1.82) is 0 Å². The third-order valence-electron chi connectivity index (χ3n) is 5.38. The molecule has 33 heavy (non-hydrogen) atoms. The highest BCUT2D eigenvalue weighted by Gasteiger charge is 2.43. The molecular formula is C23H25BrN4O5. The first-order valence-electron chi connectivity index (χ1n) is 10.4. The first kappa shape index (κ1) is 23.4. The van der Waals surface area contributed by atoms with Crippen LogP contribution in [0.2, 0.25) is 0 Å². The van der Waals surface area contributed by atoms with Crippen molar-refractivity contribution in [3.05, 3.63) is 86.9 Å². The van der Waals surface area contributed by atoms with E-state index in [0.29, 0.717) is 13.2 Å². The molecule has 0 saturated carbocycles. The zero-order valence-corrected chi connectivity index (χ0v) is 19.3. The molecule has 0 aliphatic carbocycles. The number of nitrogens with one attached hydrogen (secondary N) is 1. The minimum Gasteiger partial charge on any atom is -0.489 e. The fraction of sp³-hybridized carbons (Fsp3) is 0.304. The second kappa shape index (κ2) is 10.4. The van der Waals surface area contributed by atoms with E-state index in [2.05, 4.69) is 26.2 Å². The predicted molar refractivity (Wildman–Crippen MR) is 125 cm³/mol. The number of aliphatic hydroxyl groups excluding tert-OH is 2. The zero-order chi connectivity index (χ0) is 23.4. The van der Waals surface area contributed by atoms with Crippen molar-refractivity contribution >= 4 is 21.7 Å². The van der Waals surface area contributed by atoms with Gasteiger partial charge in [-0.1, -0.05) is 46.3 Å². The molecule has 174 valence electrons. The number of aliphatic hydroxyl groups is 2. The first-order valence-corrected chi connectivity index (χ1v) is 11.2. The summed E-state index contributed by atoms with van der Waals surface area (Å²) in [5.74, 6) is 0.807. The average Bonchev–Trinajstić information content (AvgIpc) is 3.08. The third kappa shape index (κ3) is 5.60. The molecule has 2 aromatic carbocycles. The Labute approximate surface area is 198 Å². The van der Waals surface area contributed by atoms with Crippen molar-refractivity contribution in [1.82, 2.24) is 14.9 Å². The van der Waals surface area contributed by atoms with Crippen LogP contribution in [0.5, 0.6) is 5.75 Å². The lowest BCUT2D eigenvalue weighted by Gasteiger charge is -2.17. The summed E-state index contributed by atoms with van der Waals surface area (Å²) in [6, 6.07) is 17.1. The minimum atomic E-state index is -1.28. The van der Waals surface area contributed by atoms with Crippen molar-refractivity contribution in [3.8, 4) is 5.75 Å². The van der Waals surface area contributed by atoms with E-state index in [0.717, 1.165) is 25.9 Å². The SMILES string of the molecule is Nc1ccn([C@@H]2O[C@H](CNCc3cc(Br)ccc3OCc3ccccc3)[C@@H](O)[C@H]2O)c(=O)n1. The van der Waals surface area contributed by atoms with Crippen molar-refractivity contribution in [2.45, 2.75) is 37.7 Å². The Morgan fingerprint density at radius 1 is 1.15 bits per heavy atom. The van der Waals surface area contributed by atoms with Gasteiger partial charge in [0, 0.05) is 29.3 Å². The molecule has 3 aromatic rings. The summed E-state index contributed by atoms with van der Waals surface area (Å²) in [4.78, 5) is 15.7. The molecule has 0 amide bonds. The van der Waals surface area contributed by atoms with Crippen LogP contribution in [-0.2, 0) is 17.9 Å². The van der Waals surface area contributed by atoms with E-state index in [1.54, 1.807) is 0 Å². The number of ether oxygens (including phenoxy) is 2. The van der Waals surface area contributed by atoms with Crippen LogP contribution in [0.1, 0.15) is 17.4 Å². The summed E-state index contributed by atoms with van der Waals surface area (Å²) in [6.07, 6.45) is -2.85. The molecule has 4 rings (SSSR count). The molecule has 0 bridgehead atoms. The van der Waals surface area contributed by atoms with Gasteiger partial charge in [-0.15, -0.1) is 0 Å². The first-order chi connectivity index (χ1) is 15.9. The summed E-state index contributed by atoms with van der Waals surface area (Å²) in [5, 5.41) is 24.1. The molecule has 1 aromatic heterocycles. The summed E-state index contributed by atoms with van der Waals surface area (Å²) in [7, 11) is 0. The van der Waals surface area contributed by atoms with Gasteiger partial charge in [-0.25, -0.2) is 4.79 Å². The highest BCUT2D eigenvalue weighted by molar-refractivity contribution is 9.10. The van der Waals surface area contributed by atoms with Gasteiger partial charge in [0.05, 0.1) is 0 Å². The highest BCUT2D eigenvalue weighted by atomic mass is 79.9. The molecule has 9 nitrogen and oxygen atoms in total. The topological polar surface area (TPSA) is 132 Å². The summed E-state index contributed by atoms with van der Waals surface area (Å²) in [6.45, 7) is 1.13. The van der Waals surface area contributed by atoms with E-state index in [-0.39, 0.29) is 12.4 Å². The molecule has 1 fully saturated rings. The van der Waals surface area contributed by atoms with E-state index in [9.17, 15) is 15.0 Å². The Morgan fingerprint density at radius 2 is 1.94 bits per heavy atom. The molecule has 1 saturated heterocycles. The molecule has 0 spiro atoms. The molecule has 0 unspecified atom stereocenters. The van der Waals surface area contributed by atoms with Crippen LogP contribution < -0.4 is 21.5 Å². The second-order valence-electron chi connectivity index (χ2n) is 7.75. The molecule has 4 atom stereocenters. The molecule has 0 radical (unpaired) electrons. The van der Waals surface area contributed by atoms with Crippen molar-refractivity contribution in [3.63, 3.8) is 0 Å². The maximum Gasteiger partial charge on any atom is 0.351 e. The average molecular weight is 517 g/mol. The Balaban J connectivity index is 1.38. The summed E-state index contributed by atoms with van der Waals surface area (Å²) >= 11 is 3.49. The van der Waals surface area contributed by atoms with Crippen LogP contribution in [0.15, 0.2) is 70.1 Å². The fourth-order valence-electron chi connectivity index (χ4n) is 3.66. The number of hydrogen-bond acceptors (Lipinski definition) is 8. The number of nitrogens with two attached hydrogens (primary N) is 1. The number of halogens is 1. The standard InChI is InChI=1S/C23H25BrN4O5/c24-16-6-7-17(32-13-14-4-2-1-3-5-14)15(10-16)11-26-12-18-20(29)21(30)22(33-18)28-9-8-19(25)27-23(28)31/h1-10,18,20-22,26,29-30H,11-13H2,(H2,25,27,31)/t18-,20-,21-,22-/m1/s1. The van der Waals surface area contributed by atoms with Crippen molar-refractivity contribution < 1.29 is 19.7 Å². The van der Waals surface area contributed by atoms with E-state index >= 15 is 0 Å². The number of hydrogen-bond donors (Lipinski definition) is 4. The van der Waals surface area contributed by atoms with Crippen molar-refractivity contribution in [2.24, 2.45) is 0 Å². The van der Waals surface area contributed by atoms with E-state index in [1.807, 2.05) is 48.5 Å². The van der Waals surface area contributed by atoms with Gasteiger partial charge in [-0.3, -0.25) is 4.57 Å². The van der Waals surface area contributed by atoms with E-state index in [4.69, 9.17) is 15.2 Å². The van der Waals surface area contributed by atoms with Crippen molar-refractivity contribution in [2.75, 3.05) is 12.3 Å². The largest absolute Gasteiger partial charge is 0.489 e. The lowest BCUT2D eigenvalue weighted by molar-refractivity contribution is -0.0390. The van der Waals surface area contributed by atoms with Gasteiger partial charge in [0.1, 0.15) is 36.5 Å². The van der Waals surface area contributed by atoms with Gasteiger partial charge in [0.15, 0.2) is 6.23 Å². The lowest BCUT2D eigenvalue weighted by Crippen LogP contribution is -2.38. The van der Waals surface area contributed by atoms with E-state index in [1.165, 1.54) is 12.3 Å². The number of nitrogen functional groups attached to an aromatic ring is 1. The minimum absolute atomic E-state index is 0.0711. The van der Waals surface area contributed by atoms with Crippen LogP contribution in [0.4, 0.5) is 5.82 Å². The molecule has 5 N–H and O–H groups in total. The molecule has 10 heteroatoms. The Kier molecular flexibility index (Phi) is 7.41. The Morgan fingerprint density at radius 3 is 2.70 bits per heavy atom. The van der Waals surface area contributed by atoms with Gasteiger partial charge in [-0.2, -0.15) is 4.98 Å². The van der Waals surface area contributed by atoms with Gasteiger partial charge in [0.25, 0.3) is 0 Å². The van der Waals surface area contributed by atoms with Crippen LogP contribution in [0, 0.1) is 0 Å². The summed E-state index contributed by atoms with van der Waals surface area (Å²) < 4.78 is 13.8. The number of anilines is 1. The third-order valence-corrected chi connectivity index (χ3v) is 5.88. The zero-order valence-electron chi connectivity index (χ0n) is 17.7. The van der Waals surface area contributed by atoms with Crippen LogP contribution in [0.25, 0.3) is 0 Å². The maximum absolute atomic E-state index is 12.1. The van der Waals surface area contributed by atoms with Gasteiger partial charge in [-0.05, 0) is 29.8 Å². The predicted octanol–water partition coefficient (Wildman–Crippen LogP) is 1.58. The number of nitrogens with zero attached hydrogens (tertiary/aromatic N) is 2. The molecule has 1 aliphatic rings. The molecule has 1 aliphatic heterocycles. The number of benzene rings is 2. The van der Waals surface area contributed by atoms with Gasteiger partial charge >= 0.3 is 5.69 Å². The Hall–Kier alpha value is -2.76. The van der Waals surface area contributed by atoms with Gasteiger partial charge < -0.3 is 30.7 Å². The number of rotatable bonds is 8. The number of aromatic nitrogens is 2. The Bertz CT molecular complexity index is 1140. The van der Waals surface area contributed by atoms with E-state index < -0.39 is 30.2 Å². The monoisotopic (exact) mass is 516 g/mol. The normalized spacial score (nSPS) is 22.4. The second-order valence-corrected chi connectivity index (χ2v) is 8.66. The van der Waals surface area contributed by atoms with Crippen LogP contribution in [0.3, 0.4) is 0 Å². The lowest BCUT2D eigenvalue weighted by atomic mass is 10.1. The van der Waals surface area contributed by atoms with Crippen LogP contribution >= 0.6 is 15.9 Å². The molecular weight excluding hydrogens is 492 g/mol. The maximum atomic E-state index is 12.1.